The molecule has 46 heavy (non-hydrogen) atoms. The molecule has 0 aliphatic carbocycles. The van der Waals surface area contributed by atoms with E-state index in [1.165, 1.54) is 30.3 Å². The van der Waals surface area contributed by atoms with E-state index in [0.29, 0.717) is 34.5 Å². The zero-order valence-corrected chi connectivity index (χ0v) is 26.2. The summed E-state index contributed by atoms with van der Waals surface area (Å²) in [7, 11) is 0. The molecule has 1 aromatic heterocycles. The van der Waals surface area contributed by atoms with E-state index >= 15 is 0 Å². The number of phenols is 1. The first-order valence-corrected chi connectivity index (χ1v) is 15.6. The van der Waals surface area contributed by atoms with Crippen molar-refractivity contribution in [1.29, 1.82) is 0 Å². The van der Waals surface area contributed by atoms with Crippen LogP contribution in [0.2, 0.25) is 0 Å². The average Bonchev–Trinajstić information content (AvgIpc) is 3.40. The first kappa shape index (κ1) is 32.8. The summed E-state index contributed by atoms with van der Waals surface area (Å²) in [5.41, 5.74) is 9.60. The van der Waals surface area contributed by atoms with E-state index in [-0.39, 0.29) is 35.2 Å². The normalized spacial score (nSPS) is 14.6. The number of piperidine rings is 1. The number of halogens is 2. The number of aromatic nitrogens is 1. The molecule has 0 bridgehead atoms. The largest absolute Gasteiger partial charge is 0.507 e. The van der Waals surface area contributed by atoms with Gasteiger partial charge in [0, 0.05) is 48.0 Å². The summed E-state index contributed by atoms with van der Waals surface area (Å²) in [5, 5.41) is 15.5. The predicted molar refractivity (Wildman–Crippen MR) is 178 cm³/mol. The minimum Gasteiger partial charge on any atom is -0.507 e. The number of aromatic amines is 1. The molecule has 0 unspecified atom stereocenters. The smallest absolute Gasteiger partial charge is 0.355 e. The van der Waals surface area contributed by atoms with Crippen LogP contribution in [-0.2, 0) is 4.74 Å². The number of ether oxygens (including phenoxy) is 1. The fraction of sp³-hybridized carbons (Fsp3) is 0.343. The zero-order chi connectivity index (χ0) is 32.8. The first-order valence-electron chi connectivity index (χ1n) is 15.6. The van der Waals surface area contributed by atoms with Crippen LogP contribution in [0.3, 0.4) is 0 Å². The second-order valence-corrected chi connectivity index (χ2v) is 12.3. The van der Waals surface area contributed by atoms with Gasteiger partial charge in [0.25, 0.3) is 0 Å². The van der Waals surface area contributed by atoms with Crippen LogP contribution < -0.4 is 16.9 Å². The lowest BCUT2D eigenvalue weighted by Gasteiger charge is -2.33. The quantitative estimate of drug-likeness (QED) is 0.0742. The number of anilines is 1. The third kappa shape index (κ3) is 7.96. The SMILES string of the molecule is CC(C)COC(=O)c1[nH]c2ccc(F)cc2c1/C(N)=C/N(N)CC1CCN(CCNc2ccc(-c3c(O)cccc3F)cc2)CC1. The molecule has 244 valence electrons. The Morgan fingerprint density at radius 2 is 1.89 bits per heavy atom. The van der Waals surface area contributed by atoms with E-state index < -0.39 is 17.6 Å². The number of nitrogens with two attached hydrogens (primary N) is 2. The highest BCUT2D eigenvalue weighted by atomic mass is 19.1. The number of hydrogen-bond donors (Lipinski definition) is 5. The van der Waals surface area contributed by atoms with Crippen LogP contribution in [0.1, 0.15) is 42.7 Å². The Morgan fingerprint density at radius 1 is 1.15 bits per heavy atom. The number of carbonyl (C=O) groups excluding carboxylic acids is 1. The molecule has 0 spiro atoms. The van der Waals surface area contributed by atoms with Crippen LogP contribution in [0.15, 0.2) is 66.9 Å². The number of nitrogens with one attached hydrogen (secondary N) is 2. The Bertz CT molecular complexity index is 1660. The summed E-state index contributed by atoms with van der Waals surface area (Å²) in [4.78, 5) is 18.3. The molecular weight excluding hydrogens is 590 g/mol. The minimum atomic E-state index is -0.554. The highest BCUT2D eigenvalue weighted by Gasteiger charge is 2.24. The number of esters is 1. The fourth-order valence-corrected chi connectivity index (χ4v) is 5.83. The Balaban J connectivity index is 1.12. The summed E-state index contributed by atoms with van der Waals surface area (Å²) in [6.07, 6.45) is 3.53. The molecule has 1 aliphatic rings. The standard InChI is InChI=1S/C35H42F2N6O3/c1-22(2)21-46-35(45)34-33(27-18-25(36)8-11-30(27)41-34)29(38)20-43(39)19-23-12-15-42(16-13-23)17-14-40-26-9-6-24(7-10-26)32-28(37)4-3-5-31(32)44/h3-11,18,20,22-23,40-41,44H,12-17,19,21,38-39H2,1-2H3/b29-20-. The van der Waals surface area contributed by atoms with Crippen molar-refractivity contribution in [1.82, 2.24) is 14.9 Å². The van der Waals surface area contributed by atoms with Gasteiger partial charge in [-0.2, -0.15) is 0 Å². The summed E-state index contributed by atoms with van der Waals surface area (Å²) in [6, 6.07) is 15.9. The molecule has 4 aromatic rings. The monoisotopic (exact) mass is 632 g/mol. The summed E-state index contributed by atoms with van der Waals surface area (Å²) < 4.78 is 33.8. The molecule has 0 amide bonds. The van der Waals surface area contributed by atoms with Crippen molar-refractivity contribution < 1.29 is 23.4 Å². The minimum absolute atomic E-state index is 0.0828. The van der Waals surface area contributed by atoms with Crippen LogP contribution in [0, 0.1) is 23.5 Å². The van der Waals surface area contributed by atoms with Crippen LogP contribution >= 0.6 is 0 Å². The third-order valence-corrected chi connectivity index (χ3v) is 8.20. The molecule has 5 rings (SSSR count). The first-order chi connectivity index (χ1) is 22.1. The number of hydrazine groups is 1. The van der Waals surface area contributed by atoms with E-state index in [1.54, 1.807) is 29.4 Å². The van der Waals surface area contributed by atoms with Crippen molar-refractivity contribution in [2.24, 2.45) is 23.4 Å². The number of nitrogens with zero attached hydrogens (tertiary/aromatic N) is 2. The van der Waals surface area contributed by atoms with Crippen molar-refractivity contribution in [3.8, 4) is 16.9 Å². The van der Waals surface area contributed by atoms with Gasteiger partial charge in [0.05, 0.1) is 17.9 Å². The lowest BCUT2D eigenvalue weighted by atomic mass is 9.96. The van der Waals surface area contributed by atoms with Crippen LogP contribution in [0.4, 0.5) is 14.5 Å². The van der Waals surface area contributed by atoms with Crippen LogP contribution in [0.5, 0.6) is 5.75 Å². The van der Waals surface area contributed by atoms with E-state index in [2.05, 4.69) is 15.2 Å². The molecule has 1 saturated heterocycles. The number of carbonyl (C=O) groups is 1. The summed E-state index contributed by atoms with van der Waals surface area (Å²) in [5.74, 6) is 5.36. The third-order valence-electron chi connectivity index (χ3n) is 8.20. The Kier molecular flexibility index (Phi) is 10.4. The molecule has 0 saturated carbocycles. The molecule has 1 aliphatic heterocycles. The fourth-order valence-electron chi connectivity index (χ4n) is 5.83. The number of phenolic OH excluding ortho intramolecular Hbond substituents is 1. The highest BCUT2D eigenvalue weighted by molar-refractivity contribution is 6.04. The van der Waals surface area contributed by atoms with Gasteiger partial charge in [-0.25, -0.2) is 19.4 Å². The molecule has 0 radical (unpaired) electrons. The molecule has 1 fully saturated rings. The highest BCUT2D eigenvalue weighted by Crippen LogP contribution is 2.32. The molecule has 3 aromatic carbocycles. The second kappa shape index (κ2) is 14.7. The van der Waals surface area contributed by atoms with Gasteiger partial charge in [-0.15, -0.1) is 0 Å². The summed E-state index contributed by atoms with van der Waals surface area (Å²) >= 11 is 0. The molecule has 2 heterocycles. The number of rotatable bonds is 12. The molecule has 9 nitrogen and oxygen atoms in total. The average molecular weight is 633 g/mol. The number of aromatic hydroxyl groups is 1. The predicted octanol–water partition coefficient (Wildman–Crippen LogP) is 5.89. The van der Waals surface area contributed by atoms with Crippen LogP contribution in [-0.4, -0.2) is 65.3 Å². The van der Waals surface area contributed by atoms with Gasteiger partial charge in [-0.1, -0.05) is 32.0 Å². The van der Waals surface area contributed by atoms with E-state index in [4.69, 9.17) is 16.3 Å². The Hall–Kier alpha value is -4.61. The number of H-pyrrole nitrogens is 1. The van der Waals surface area contributed by atoms with Crippen molar-refractivity contribution in [3.63, 3.8) is 0 Å². The number of fused-ring (bicyclic) bond motifs is 1. The number of benzene rings is 3. The lowest BCUT2D eigenvalue weighted by Crippen LogP contribution is -2.41. The molecular formula is C35H42F2N6O3. The van der Waals surface area contributed by atoms with Gasteiger partial charge in [0.1, 0.15) is 23.1 Å². The van der Waals surface area contributed by atoms with Crippen molar-refractivity contribution in [2.45, 2.75) is 26.7 Å². The topological polar surface area (TPSA) is 133 Å². The maximum Gasteiger partial charge on any atom is 0.355 e. The van der Waals surface area contributed by atoms with Gasteiger partial charge < -0.3 is 35.8 Å². The second-order valence-electron chi connectivity index (χ2n) is 12.3. The van der Waals surface area contributed by atoms with E-state index in [1.807, 2.05) is 26.0 Å². The molecule has 11 heteroatoms. The maximum absolute atomic E-state index is 14.2. The summed E-state index contributed by atoms with van der Waals surface area (Å²) in [6.45, 7) is 8.21. The van der Waals surface area contributed by atoms with Gasteiger partial charge in [-0.3, -0.25) is 0 Å². The van der Waals surface area contributed by atoms with Gasteiger partial charge in [-0.05, 0) is 85.8 Å². The zero-order valence-electron chi connectivity index (χ0n) is 26.2. The Morgan fingerprint density at radius 3 is 2.59 bits per heavy atom. The van der Waals surface area contributed by atoms with Crippen molar-refractivity contribution >= 4 is 28.3 Å². The maximum atomic E-state index is 14.2. The van der Waals surface area contributed by atoms with E-state index in [9.17, 15) is 18.7 Å². The Labute approximate surface area is 267 Å². The van der Waals surface area contributed by atoms with Gasteiger partial charge in [0.2, 0.25) is 0 Å². The molecule has 7 N–H and O–H groups in total. The van der Waals surface area contributed by atoms with Gasteiger partial charge in [0.15, 0.2) is 0 Å². The number of hydrogen-bond acceptors (Lipinski definition) is 8. The lowest BCUT2D eigenvalue weighted by molar-refractivity contribution is 0.0452. The van der Waals surface area contributed by atoms with E-state index in [0.717, 1.165) is 44.7 Å². The van der Waals surface area contributed by atoms with Crippen LogP contribution in [0.25, 0.3) is 27.7 Å². The number of likely N-dealkylation sites (tertiary alicyclic amines) is 1. The van der Waals surface area contributed by atoms with Crippen molar-refractivity contribution in [2.75, 3.05) is 44.6 Å². The molecule has 0 atom stereocenters. The van der Waals surface area contributed by atoms with Crippen molar-refractivity contribution in [3.05, 3.63) is 89.8 Å². The van der Waals surface area contributed by atoms with Gasteiger partial charge >= 0.3 is 5.97 Å².